The van der Waals surface area contributed by atoms with E-state index in [1.165, 1.54) is 25.7 Å². The maximum Gasteiger partial charge on any atom is 0.0781 e. The molecule has 0 amide bonds. The summed E-state index contributed by atoms with van der Waals surface area (Å²) in [5.74, 6) is 0.737. The van der Waals surface area contributed by atoms with Gasteiger partial charge in [0.1, 0.15) is 0 Å². The van der Waals surface area contributed by atoms with Gasteiger partial charge in [0.2, 0.25) is 0 Å². The summed E-state index contributed by atoms with van der Waals surface area (Å²) in [6, 6.07) is 0. The SMILES string of the molecule is CC(C)CC1(CBr)CCCCO1. The molecule has 0 aliphatic carbocycles. The van der Waals surface area contributed by atoms with Crippen LogP contribution < -0.4 is 0 Å². The zero-order valence-corrected chi connectivity index (χ0v) is 9.69. The van der Waals surface area contributed by atoms with E-state index in [0.717, 1.165) is 17.9 Å². The predicted octanol–water partition coefficient (Wildman–Crippen LogP) is 3.37. The van der Waals surface area contributed by atoms with Gasteiger partial charge in [0.05, 0.1) is 5.60 Å². The van der Waals surface area contributed by atoms with E-state index in [1.54, 1.807) is 0 Å². The van der Waals surface area contributed by atoms with Crippen LogP contribution in [0.2, 0.25) is 0 Å². The summed E-state index contributed by atoms with van der Waals surface area (Å²) in [7, 11) is 0. The van der Waals surface area contributed by atoms with Gasteiger partial charge in [0.15, 0.2) is 0 Å². The summed E-state index contributed by atoms with van der Waals surface area (Å²) in [5.41, 5.74) is 0.159. The Bertz CT molecular complexity index is 128. The number of hydrogen-bond donors (Lipinski definition) is 0. The van der Waals surface area contributed by atoms with Crippen LogP contribution in [0, 0.1) is 5.92 Å². The van der Waals surface area contributed by atoms with E-state index in [1.807, 2.05) is 0 Å². The van der Waals surface area contributed by atoms with Gasteiger partial charge in [0.25, 0.3) is 0 Å². The van der Waals surface area contributed by atoms with Crippen LogP contribution in [0.4, 0.5) is 0 Å². The maximum absolute atomic E-state index is 5.88. The van der Waals surface area contributed by atoms with Crippen molar-refractivity contribution in [2.24, 2.45) is 5.92 Å². The Kier molecular flexibility index (Phi) is 4.04. The second-order valence-corrected chi connectivity index (χ2v) is 4.78. The Morgan fingerprint density at radius 3 is 2.58 bits per heavy atom. The second kappa shape index (κ2) is 4.61. The van der Waals surface area contributed by atoms with Crippen molar-refractivity contribution in [1.29, 1.82) is 0 Å². The van der Waals surface area contributed by atoms with Crippen LogP contribution in [0.15, 0.2) is 0 Å². The molecule has 1 saturated heterocycles. The van der Waals surface area contributed by atoms with Gasteiger partial charge >= 0.3 is 0 Å². The van der Waals surface area contributed by atoms with Crippen LogP contribution in [0.3, 0.4) is 0 Å². The summed E-state index contributed by atoms with van der Waals surface area (Å²) < 4.78 is 5.88. The summed E-state index contributed by atoms with van der Waals surface area (Å²) >= 11 is 3.57. The van der Waals surface area contributed by atoms with Crippen molar-refractivity contribution in [2.45, 2.75) is 45.1 Å². The molecule has 0 aromatic rings. The van der Waals surface area contributed by atoms with Crippen molar-refractivity contribution in [3.8, 4) is 0 Å². The van der Waals surface area contributed by atoms with Crippen LogP contribution in [-0.4, -0.2) is 17.5 Å². The number of ether oxygens (including phenoxy) is 1. The van der Waals surface area contributed by atoms with Gasteiger partial charge in [-0.2, -0.15) is 0 Å². The highest BCUT2D eigenvalue weighted by Gasteiger charge is 2.32. The summed E-state index contributed by atoms with van der Waals surface area (Å²) in [4.78, 5) is 0. The van der Waals surface area contributed by atoms with Crippen molar-refractivity contribution in [3.63, 3.8) is 0 Å². The van der Waals surface area contributed by atoms with Crippen molar-refractivity contribution >= 4 is 15.9 Å². The fourth-order valence-electron chi connectivity index (χ4n) is 1.98. The minimum Gasteiger partial charge on any atom is -0.374 e. The normalized spacial score (nSPS) is 31.0. The molecule has 0 saturated carbocycles. The first-order chi connectivity index (χ1) is 5.68. The maximum atomic E-state index is 5.88. The van der Waals surface area contributed by atoms with Crippen molar-refractivity contribution in [1.82, 2.24) is 0 Å². The van der Waals surface area contributed by atoms with Gasteiger partial charge in [0, 0.05) is 11.9 Å². The van der Waals surface area contributed by atoms with Crippen LogP contribution >= 0.6 is 15.9 Å². The molecule has 1 aliphatic rings. The Labute approximate surface area is 84.0 Å². The quantitative estimate of drug-likeness (QED) is 0.681. The van der Waals surface area contributed by atoms with Gasteiger partial charge in [-0.05, 0) is 31.6 Å². The molecule has 1 heterocycles. The highest BCUT2D eigenvalue weighted by atomic mass is 79.9. The average Bonchev–Trinajstić information content (AvgIpc) is 2.05. The number of halogens is 1. The van der Waals surface area contributed by atoms with E-state index in [2.05, 4.69) is 29.8 Å². The molecule has 1 nitrogen and oxygen atoms in total. The Hall–Kier alpha value is 0.440. The molecule has 1 fully saturated rings. The highest BCUT2D eigenvalue weighted by molar-refractivity contribution is 9.09. The molecule has 1 atom stereocenters. The lowest BCUT2D eigenvalue weighted by Gasteiger charge is -2.37. The van der Waals surface area contributed by atoms with Gasteiger partial charge < -0.3 is 4.74 Å². The lowest BCUT2D eigenvalue weighted by atomic mass is 9.87. The van der Waals surface area contributed by atoms with Crippen LogP contribution in [0.5, 0.6) is 0 Å². The minimum atomic E-state index is 0.159. The third-order valence-electron chi connectivity index (χ3n) is 2.46. The molecule has 0 radical (unpaired) electrons. The Morgan fingerprint density at radius 1 is 1.42 bits per heavy atom. The standard InChI is InChI=1S/C10H19BrO/c1-9(2)7-10(8-11)5-3-4-6-12-10/h9H,3-8H2,1-2H3. The number of hydrogen-bond acceptors (Lipinski definition) is 1. The molecule has 0 N–H and O–H groups in total. The molecule has 0 aromatic heterocycles. The molecule has 1 aliphatic heterocycles. The molecule has 72 valence electrons. The largest absolute Gasteiger partial charge is 0.374 e. The Balaban J connectivity index is 2.48. The predicted molar refractivity (Wildman–Crippen MR) is 55.8 cm³/mol. The molecular formula is C10H19BrO. The fourth-order valence-corrected chi connectivity index (χ4v) is 2.65. The number of alkyl halides is 1. The second-order valence-electron chi connectivity index (χ2n) is 4.22. The zero-order valence-electron chi connectivity index (χ0n) is 8.11. The van der Waals surface area contributed by atoms with Crippen LogP contribution in [-0.2, 0) is 4.74 Å². The third kappa shape index (κ3) is 2.74. The van der Waals surface area contributed by atoms with E-state index in [4.69, 9.17) is 4.74 Å². The van der Waals surface area contributed by atoms with E-state index >= 15 is 0 Å². The van der Waals surface area contributed by atoms with Gasteiger partial charge in [-0.25, -0.2) is 0 Å². The number of rotatable bonds is 3. The first kappa shape index (κ1) is 10.5. The lowest BCUT2D eigenvalue weighted by molar-refractivity contribution is -0.0723. The Morgan fingerprint density at radius 2 is 2.17 bits per heavy atom. The molecule has 12 heavy (non-hydrogen) atoms. The van der Waals surface area contributed by atoms with E-state index in [9.17, 15) is 0 Å². The molecule has 0 bridgehead atoms. The van der Waals surface area contributed by atoms with E-state index in [-0.39, 0.29) is 5.60 Å². The van der Waals surface area contributed by atoms with Gasteiger partial charge in [-0.15, -0.1) is 0 Å². The fraction of sp³-hybridized carbons (Fsp3) is 1.00. The molecule has 0 aromatic carbocycles. The highest BCUT2D eigenvalue weighted by Crippen LogP contribution is 2.32. The van der Waals surface area contributed by atoms with Gasteiger partial charge in [-0.1, -0.05) is 29.8 Å². The minimum absolute atomic E-state index is 0.159. The smallest absolute Gasteiger partial charge is 0.0781 e. The molecule has 2 heteroatoms. The summed E-state index contributed by atoms with van der Waals surface area (Å²) in [5, 5.41) is 0.998. The van der Waals surface area contributed by atoms with Gasteiger partial charge in [-0.3, -0.25) is 0 Å². The molecule has 0 spiro atoms. The van der Waals surface area contributed by atoms with Crippen molar-refractivity contribution < 1.29 is 4.74 Å². The van der Waals surface area contributed by atoms with Crippen molar-refractivity contribution in [2.75, 3.05) is 11.9 Å². The monoisotopic (exact) mass is 234 g/mol. The first-order valence-corrected chi connectivity index (χ1v) is 6.01. The third-order valence-corrected chi connectivity index (χ3v) is 3.48. The van der Waals surface area contributed by atoms with Crippen molar-refractivity contribution in [3.05, 3.63) is 0 Å². The molecular weight excluding hydrogens is 216 g/mol. The average molecular weight is 235 g/mol. The molecule has 1 unspecified atom stereocenters. The zero-order chi connectivity index (χ0) is 9.03. The lowest BCUT2D eigenvalue weighted by Crippen LogP contribution is -2.39. The van der Waals surface area contributed by atoms with Crippen LogP contribution in [0.25, 0.3) is 0 Å². The van der Waals surface area contributed by atoms with Crippen LogP contribution in [0.1, 0.15) is 39.5 Å². The van der Waals surface area contributed by atoms with E-state index in [0.29, 0.717) is 0 Å². The first-order valence-electron chi connectivity index (χ1n) is 4.88. The summed E-state index contributed by atoms with van der Waals surface area (Å²) in [6.45, 7) is 5.49. The topological polar surface area (TPSA) is 9.23 Å². The summed E-state index contributed by atoms with van der Waals surface area (Å²) in [6.07, 6.45) is 5.00. The molecule has 1 rings (SSSR count). The van der Waals surface area contributed by atoms with E-state index < -0.39 is 0 Å².